The van der Waals surface area contributed by atoms with Gasteiger partial charge in [0.25, 0.3) is 5.91 Å². The van der Waals surface area contributed by atoms with Crippen molar-refractivity contribution >= 4 is 32.5 Å². The molecule has 0 radical (unpaired) electrons. The van der Waals surface area contributed by atoms with Crippen molar-refractivity contribution in [1.82, 2.24) is 14.6 Å². The van der Waals surface area contributed by atoms with E-state index in [-0.39, 0.29) is 24.8 Å². The Morgan fingerprint density at radius 3 is 2.48 bits per heavy atom. The Balaban J connectivity index is 1.15. The monoisotopic (exact) mass is 468 g/mol. The maximum Gasteiger partial charge on any atom is 0.257 e. The van der Waals surface area contributed by atoms with E-state index in [2.05, 4.69) is 15.2 Å². The zero-order chi connectivity index (χ0) is 23.1. The molecular weight excluding hydrogens is 440 g/mol. The highest BCUT2D eigenvalue weighted by Crippen LogP contribution is 2.20. The lowest BCUT2D eigenvalue weighted by Crippen LogP contribution is -2.49. The smallest absolute Gasteiger partial charge is 0.257 e. The van der Waals surface area contributed by atoms with Gasteiger partial charge in [0.2, 0.25) is 10.0 Å². The molecule has 0 saturated carbocycles. The summed E-state index contributed by atoms with van der Waals surface area (Å²) in [6.45, 7) is 2.27. The van der Waals surface area contributed by atoms with Crippen molar-refractivity contribution in [3.63, 3.8) is 0 Å². The fraction of sp³-hybridized carbons (Fsp3) is 0.333. The average Bonchev–Trinajstić information content (AvgIpc) is 2.86. The third-order valence-electron chi connectivity index (χ3n) is 5.60. The number of carbonyl (C=O) groups excluding carboxylic acids is 1. The number of nitrogens with zero attached hydrogens (tertiary/aromatic N) is 3. The summed E-state index contributed by atoms with van der Waals surface area (Å²) in [6, 6.07) is 19.3. The number of sulfonamides is 1. The summed E-state index contributed by atoms with van der Waals surface area (Å²) in [5, 5.41) is 4.88. The van der Waals surface area contributed by atoms with Crippen molar-refractivity contribution in [1.29, 1.82) is 0 Å². The summed E-state index contributed by atoms with van der Waals surface area (Å²) in [4.78, 5) is 18.5. The number of pyridine rings is 1. The summed E-state index contributed by atoms with van der Waals surface area (Å²) in [5.41, 5.74) is 0. The van der Waals surface area contributed by atoms with Crippen molar-refractivity contribution in [2.75, 3.05) is 50.0 Å². The highest BCUT2D eigenvalue weighted by Gasteiger charge is 2.26. The van der Waals surface area contributed by atoms with Crippen LogP contribution in [0.4, 0.5) is 5.82 Å². The lowest BCUT2D eigenvalue weighted by atomic mass is 10.1. The molecule has 4 rings (SSSR count). The number of hydrogen-bond acceptors (Lipinski definition) is 6. The van der Waals surface area contributed by atoms with Crippen molar-refractivity contribution in [2.45, 2.75) is 6.42 Å². The van der Waals surface area contributed by atoms with Crippen LogP contribution in [0, 0.1) is 0 Å². The number of anilines is 1. The van der Waals surface area contributed by atoms with Gasteiger partial charge in [-0.2, -0.15) is 4.31 Å². The van der Waals surface area contributed by atoms with E-state index in [0.29, 0.717) is 38.3 Å². The second-order valence-corrected chi connectivity index (χ2v) is 9.98. The molecule has 0 atom stereocenters. The number of ether oxygens (including phenoxy) is 1. The van der Waals surface area contributed by atoms with Gasteiger partial charge in [-0.1, -0.05) is 36.4 Å². The van der Waals surface area contributed by atoms with Gasteiger partial charge in [-0.25, -0.2) is 13.4 Å². The van der Waals surface area contributed by atoms with Crippen LogP contribution in [0.15, 0.2) is 66.9 Å². The third kappa shape index (κ3) is 6.21. The maximum atomic E-state index is 12.6. The van der Waals surface area contributed by atoms with Gasteiger partial charge in [-0.05, 0) is 41.5 Å². The Labute approximate surface area is 194 Å². The molecule has 1 aliphatic heterocycles. The number of amides is 1. The van der Waals surface area contributed by atoms with Crippen LogP contribution in [-0.2, 0) is 14.8 Å². The van der Waals surface area contributed by atoms with Crippen LogP contribution in [0.5, 0.6) is 5.75 Å². The predicted molar refractivity (Wildman–Crippen MR) is 129 cm³/mol. The van der Waals surface area contributed by atoms with E-state index >= 15 is 0 Å². The molecule has 2 heterocycles. The minimum atomic E-state index is -3.36. The Morgan fingerprint density at radius 2 is 1.73 bits per heavy atom. The first-order valence-corrected chi connectivity index (χ1v) is 12.6. The van der Waals surface area contributed by atoms with Crippen molar-refractivity contribution in [3.8, 4) is 5.75 Å². The van der Waals surface area contributed by atoms with Gasteiger partial charge < -0.3 is 15.0 Å². The number of fused-ring (bicyclic) bond motifs is 1. The number of hydrogen-bond donors (Lipinski definition) is 1. The molecule has 0 bridgehead atoms. The normalized spacial score (nSPS) is 14.8. The quantitative estimate of drug-likeness (QED) is 0.485. The largest absolute Gasteiger partial charge is 0.484 e. The summed E-state index contributed by atoms with van der Waals surface area (Å²) in [5.74, 6) is 1.21. The molecule has 2 aromatic carbocycles. The van der Waals surface area contributed by atoms with Crippen LogP contribution in [0.3, 0.4) is 0 Å². The minimum absolute atomic E-state index is 0.00238. The zero-order valence-electron chi connectivity index (χ0n) is 18.4. The SMILES string of the molecule is O=C(COc1ccc2ccccc2c1)NCCCS(=O)(=O)N1CCN(c2ccccn2)CC1. The first-order valence-electron chi connectivity index (χ1n) is 11.0. The summed E-state index contributed by atoms with van der Waals surface area (Å²) in [7, 11) is -3.36. The molecule has 1 aliphatic rings. The number of aromatic nitrogens is 1. The molecule has 8 nitrogen and oxygen atoms in total. The number of piperazine rings is 1. The molecule has 0 unspecified atom stereocenters. The Morgan fingerprint density at radius 1 is 0.970 bits per heavy atom. The van der Waals surface area contributed by atoms with Crippen LogP contribution in [-0.4, -0.2) is 68.7 Å². The number of rotatable bonds is 9. The van der Waals surface area contributed by atoms with E-state index < -0.39 is 10.0 Å². The predicted octanol–water partition coefficient (Wildman–Crippen LogP) is 2.27. The molecule has 1 N–H and O–H groups in total. The first kappa shape index (κ1) is 23.0. The molecule has 1 aromatic heterocycles. The Bertz CT molecular complexity index is 1180. The zero-order valence-corrected chi connectivity index (χ0v) is 19.2. The highest BCUT2D eigenvalue weighted by molar-refractivity contribution is 7.89. The molecule has 33 heavy (non-hydrogen) atoms. The van der Waals surface area contributed by atoms with E-state index in [1.807, 2.05) is 60.7 Å². The molecular formula is C24H28N4O4S. The van der Waals surface area contributed by atoms with Gasteiger partial charge in [0, 0.05) is 38.9 Å². The van der Waals surface area contributed by atoms with Crippen LogP contribution in [0.2, 0.25) is 0 Å². The summed E-state index contributed by atoms with van der Waals surface area (Å²) in [6.07, 6.45) is 2.09. The maximum absolute atomic E-state index is 12.6. The number of nitrogens with one attached hydrogen (secondary N) is 1. The van der Waals surface area contributed by atoms with Crippen LogP contribution < -0.4 is 15.0 Å². The molecule has 3 aromatic rings. The van der Waals surface area contributed by atoms with Crippen molar-refractivity contribution in [2.24, 2.45) is 0 Å². The molecule has 1 fully saturated rings. The van der Waals surface area contributed by atoms with Gasteiger partial charge in [0.15, 0.2) is 6.61 Å². The molecule has 0 spiro atoms. The molecule has 9 heteroatoms. The molecule has 0 aliphatic carbocycles. The molecule has 1 saturated heterocycles. The van der Waals surface area contributed by atoms with E-state index in [9.17, 15) is 13.2 Å². The van der Waals surface area contributed by atoms with Crippen LogP contribution in [0.1, 0.15) is 6.42 Å². The standard InChI is InChI=1S/C24H28N4O4S/c29-24(19-32-22-10-9-20-6-1-2-7-21(20)18-22)26-12-5-17-33(30,31)28-15-13-27(14-16-28)23-8-3-4-11-25-23/h1-4,6-11,18H,5,12-17,19H2,(H,26,29). The van der Waals surface area contributed by atoms with Crippen molar-refractivity contribution < 1.29 is 17.9 Å². The van der Waals surface area contributed by atoms with Crippen LogP contribution in [0.25, 0.3) is 10.8 Å². The Kier molecular flexibility index (Phi) is 7.41. The van der Waals surface area contributed by atoms with E-state index in [1.165, 1.54) is 4.31 Å². The van der Waals surface area contributed by atoms with Gasteiger partial charge in [-0.3, -0.25) is 4.79 Å². The van der Waals surface area contributed by atoms with Gasteiger partial charge in [0.1, 0.15) is 11.6 Å². The lowest BCUT2D eigenvalue weighted by molar-refractivity contribution is -0.123. The third-order valence-corrected chi connectivity index (χ3v) is 7.55. The molecule has 1 amide bonds. The first-order chi connectivity index (χ1) is 16.0. The summed E-state index contributed by atoms with van der Waals surface area (Å²) < 4.78 is 32.4. The topological polar surface area (TPSA) is 91.8 Å². The van der Waals surface area contributed by atoms with Gasteiger partial charge >= 0.3 is 0 Å². The van der Waals surface area contributed by atoms with E-state index in [4.69, 9.17) is 4.74 Å². The Hall–Kier alpha value is -3.17. The van der Waals surface area contributed by atoms with Crippen LogP contribution >= 0.6 is 0 Å². The van der Waals surface area contributed by atoms with E-state index in [0.717, 1.165) is 16.6 Å². The fourth-order valence-corrected chi connectivity index (χ4v) is 5.29. The second-order valence-electron chi connectivity index (χ2n) is 7.89. The second kappa shape index (κ2) is 10.6. The summed E-state index contributed by atoms with van der Waals surface area (Å²) >= 11 is 0. The number of benzene rings is 2. The average molecular weight is 469 g/mol. The molecule has 174 valence electrons. The minimum Gasteiger partial charge on any atom is -0.484 e. The number of carbonyl (C=O) groups is 1. The highest BCUT2D eigenvalue weighted by atomic mass is 32.2. The van der Waals surface area contributed by atoms with Gasteiger partial charge in [0.05, 0.1) is 5.75 Å². The fourth-order valence-electron chi connectivity index (χ4n) is 3.80. The van der Waals surface area contributed by atoms with E-state index in [1.54, 1.807) is 6.20 Å². The van der Waals surface area contributed by atoms with Gasteiger partial charge in [-0.15, -0.1) is 0 Å². The van der Waals surface area contributed by atoms with Crippen molar-refractivity contribution in [3.05, 3.63) is 66.9 Å². The lowest BCUT2D eigenvalue weighted by Gasteiger charge is -2.34.